The summed E-state index contributed by atoms with van der Waals surface area (Å²) in [4.78, 5) is 2.54. The number of hydrogen-bond donors (Lipinski definition) is 0. The van der Waals surface area contributed by atoms with Crippen LogP contribution in [0.1, 0.15) is 38.6 Å². The van der Waals surface area contributed by atoms with Crippen molar-refractivity contribution in [3.63, 3.8) is 0 Å². The first-order valence-electron chi connectivity index (χ1n) is 6.83. The summed E-state index contributed by atoms with van der Waals surface area (Å²) in [7, 11) is 1.73. The molecule has 1 aliphatic rings. The van der Waals surface area contributed by atoms with Gasteiger partial charge in [-0.2, -0.15) is 0 Å². The van der Waals surface area contributed by atoms with E-state index in [2.05, 4.69) is 33.5 Å². The summed E-state index contributed by atoms with van der Waals surface area (Å²) in [6, 6.07) is 0.437. The summed E-state index contributed by atoms with van der Waals surface area (Å²) in [5.74, 6) is 1.80. The lowest BCUT2D eigenvalue weighted by Gasteiger charge is -2.25. The molecular formula is C13H24N4O. The van der Waals surface area contributed by atoms with Crippen molar-refractivity contribution in [2.24, 2.45) is 5.92 Å². The minimum absolute atomic E-state index is 0.437. The van der Waals surface area contributed by atoms with Gasteiger partial charge in [0.25, 0.3) is 0 Å². The van der Waals surface area contributed by atoms with Gasteiger partial charge in [0.05, 0.1) is 12.6 Å². The van der Waals surface area contributed by atoms with Crippen molar-refractivity contribution in [1.82, 2.24) is 19.7 Å². The van der Waals surface area contributed by atoms with Gasteiger partial charge >= 0.3 is 0 Å². The Labute approximate surface area is 109 Å². The Balaban J connectivity index is 2.07. The van der Waals surface area contributed by atoms with E-state index < -0.39 is 0 Å². The molecule has 5 nitrogen and oxygen atoms in total. The van der Waals surface area contributed by atoms with Gasteiger partial charge in [-0.1, -0.05) is 13.8 Å². The van der Waals surface area contributed by atoms with E-state index in [1.807, 2.05) is 6.33 Å². The fourth-order valence-electron chi connectivity index (χ4n) is 2.69. The molecule has 102 valence electrons. The van der Waals surface area contributed by atoms with Crippen LogP contribution in [-0.2, 0) is 11.3 Å². The molecule has 5 heteroatoms. The van der Waals surface area contributed by atoms with Crippen LogP contribution >= 0.6 is 0 Å². The lowest BCUT2D eigenvalue weighted by atomic mass is 10.1. The zero-order valence-electron chi connectivity index (χ0n) is 11.7. The molecule has 18 heavy (non-hydrogen) atoms. The lowest BCUT2D eigenvalue weighted by molar-refractivity contribution is 0.179. The summed E-state index contributed by atoms with van der Waals surface area (Å²) in [6.07, 6.45) is 4.27. The molecule has 1 atom stereocenters. The molecule has 1 aromatic rings. The fraction of sp³-hybridized carbons (Fsp3) is 0.846. The molecule has 1 unspecified atom stereocenters. The maximum atomic E-state index is 5.13. The highest BCUT2D eigenvalue weighted by Gasteiger charge is 2.29. The molecule has 1 aliphatic heterocycles. The van der Waals surface area contributed by atoms with Crippen molar-refractivity contribution >= 4 is 0 Å². The molecule has 0 amide bonds. The molecule has 0 aliphatic carbocycles. The van der Waals surface area contributed by atoms with E-state index in [1.54, 1.807) is 7.11 Å². The smallest absolute Gasteiger partial charge is 0.150 e. The van der Waals surface area contributed by atoms with Gasteiger partial charge in [-0.25, -0.2) is 0 Å². The Bertz CT molecular complexity index is 364. The first kappa shape index (κ1) is 13.5. The number of nitrogens with zero attached hydrogens (tertiary/aromatic N) is 4. The molecular weight excluding hydrogens is 228 g/mol. The Morgan fingerprint density at radius 2 is 2.33 bits per heavy atom. The van der Waals surface area contributed by atoms with E-state index in [-0.39, 0.29) is 0 Å². The van der Waals surface area contributed by atoms with Crippen LogP contribution in [0.25, 0.3) is 0 Å². The first-order valence-corrected chi connectivity index (χ1v) is 6.83. The van der Waals surface area contributed by atoms with Crippen molar-refractivity contribution in [3.8, 4) is 0 Å². The summed E-state index contributed by atoms with van der Waals surface area (Å²) >= 11 is 0. The number of ether oxygens (including phenoxy) is 1. The maximum Gasteiger partial charge on any atom is 0.150 e. The van der Waals surface area contributed by atoms with E-state index in [4.69, 9.17) is 4.74 Å². The number of hydrogen-bond acceptors (Lipinski definition) is 4. The van der Waals surface area contributed by atoms with Gasteiger partial charge in [0.15, 0.2) is 0 Å². The molecule has 2 rings (SSSR count). The third-order valence-corrected chi connectivity index (χ3v) is 3.44. The number of likely N-dealkylation sites (tertiary alicyclic amines) is 1. The van der Waals surface area contributed by atoms with Crippen LogP contribution in [0.5, 0.6) is 0 Å². The second-order valence-electron chi connectivity index (χ2n) is 5.42. The van der Waals surface area contributed by atoms with Gasteiger partial charge in [0.1, 0.15) is 12.2 Å². The van der Waals surface area contributed by atoms with Gasteiger partial charge in [-0.15, -0.1) is 10.2 Å². The lowest BCUT2D eigenvalue weighted by Crippen LogP contribution is -2.29. The third kappa shape index (κ3) is 3.09. The first-order chi connectivity index (χ1) is 8.72. The van der Waals surface area contributed by atoms with Gasteiger partial charge in [0, 0.05) is 20.2 Å². The maximum absolute atomic E-state index is 5.13. The predicted molar refractivity (Wildman–Crippen MR) is 70.3 cm³/mol. The van der Waals surface area contributed by atoms with Crippen molar-refractivity contribution in [2.75, 3.05) is 26.8 Å². The summed E-state index contributed by atoms with van der Waals surface area (Å²) in [5, 5.41) is 8.39. The van der Waals surface area contributed by atoms with Crippen LogP contribution in [0.2, 0.25) is 0 Å². The van der Waals surface area contributed by atoms with Crippen molar-refractivity contribution in [1.29, 1.82) is 0 Å². The zero-order chi connectivity index (χ0) is 13.0. The summed E-state index contributed by atoms with van der Waals surface area (Å²) < 4.78 is 7.27. The highest BCUT2D eigenvalue weighted by molar-refractivity contribution is 4.99. The molecule has 1 saturated heterocycles. The van der Waals surface area contributed by atoms with Crippen LogP contribution in [-0.4, -0.2) is 46.5 Å². The predicted octanol–water partition coefficient (Wildman–Crippen LogP) is 1.72. The second-order valence-corrected chi connectivity index (χ2v) is 5.42. The van der Waals surface area contributed by atoms with E-state index in [1.165, 1.54) is 19.4 Å². The molecule has 0 N–H and O–H groups in total. The zero-order valence-corrected chi connectivity index (χ0v) is 11.7. The minimum atomic E-state index is 0.437. The molecule has 0 spiro atoms. The van der Waals surface area contributed by atoms with E-state index >= 15 is 0 Å². The number of rotatable bonds is 6. The standard InChI is InChI=1S/C13H24N4O/c1-11(2)9-16-6-4-5-12(16)13-15-14-10-17(13)7-8-18-3/h10-12H,4-9H2,1-3H3. The van der Waals surface area contributed by atoms with Gasteiger partial charge < -0.3 is 9.30 Å². The largest absolute Gasteiger partial charge is 0.383 e. The van der Waals surface area contributed by atoms with Crippen LogP contribution < -0.4 is 0 Å². The van der Waals surface area contributed by atoms with Gasteiger partial charge in [-0.3, -0.25) is 4.90 Å². The van der Waals surface area contributed by atoms with Gasteiger partial charge in [-0.05, 0) is 25.3 Å². The molecule has 2 heterocycles. The molecule has 0 saturated carbocycles. The number of aromatic nitrogens is 3. The van der Waals surface area contributed by atoms with E-state index in [0.717, 1.165) is 18.9 Å². The van der Waals surface area contributed by atoms with E-state index in [9.17, 15) is 0 Å². The highest BCUT2D eigenvalue weighted by Crippen LogP contribution is 2.31. The van der Waals surface area contributed by atoms with Crippen molar-refractivity contribution in [3.05, 3.63) is 12.2 Å². The monoisotopic (exact) mass is 252 g/mol. The van der Waals surface area contributed by atoms with Crippen molar-refractivity contribution in [2.45, 2.75) is 39.3 Å². The van der Waals surface area contributed by atoms with E-state index in [0.29, 0.717) is 18.6 Å². The average molecular weight is 252 g/mol. The number of methoxy groups -OCH3 is 1. The molecule has 1 aromatic heterocycles. The Hall–Kier alpha value is -0.940. The quantitative estimate of drug-likeness (QED) is 0.773. The normalized spacial score (nSPS) is 21.0. The molecule has 1 fully saturated rings. The van der Waals surface area contributed by atoms with Gasteiger partial charge in [0.2, 0.25) is 0 Å². The van der Waals surface area contributed by atoms with Crippen molar-refractivity contribution < 1.29 is 4.74 Å². The highest BCUT2D eigenvalue weighted by atomic mass is 16.5. The van der Waals surface area contributed by atoms with Crippen LogP contribution in [0.3, 0.4) is 0 Å². The molecule has 0 aromatic carbocycles. The molecule has 0 radical (unpaired) electrons. The fourth-order valence-corrected chi connectivity index (χ4v) is 2.69. The average Bonchev–Trinajstić information content (AvgIpc) is 2.93. The SMILES string of the molecule is COCCn1cnnc1C1CCCN1CC(C)C. The second kappa shape index (κ2) is 6.29. The minimum Gasteiger partial charge on any atom is -0.383 e. The Morgan fingerprint density at radius 3 is 3.06 bits per heavy atom. The molecule has 0 bridgehead atoms. The Morgan fingerprint density at radius 1 is 1.50 bits per heavy atom. The van der Waals surface area contributed by atoms with Crippen LogP contribution in [0.4, 0.5) is 0 Å². The topological polar surface area (TPSA) is 43.2 Å². The van der Waals surface area contributed by atoms with Crippen LogP contribution in [0.15, 0.2) is 6.33 Å². The third-order valence-electron chi connectivity index (χ3n) is 3.44. The summed E-state index contributed by atoms with van der Waals surface area (Å²) in [5.41, 5.74) is 0. The Kier molecular flexibility index (Phi) is 4.72. The van der Waals surface area contributed by atoms with Crippen LogP contribution in [0, 0.1) is 5.92 Å². The summed E-state index contributed by atoms with van der Waals surface area (Å²) in [6.45, 7) is 8.41.